The molecule has 168 valence electrons. The van der Waals surface area contributed by atoms with Gasteiger partial charge in [0.05, 0.1) is 12.2 Å². The third kappa shape index (κ3) is 7.71. The summed E-state index contributed by atoms with van der Waals surface area (Å²) in [6, 6.07) is 0.760. The third-order valence-electron chi connectivity index (χ3n) is 5.89. The molecule has 2 heterocycles. The molecule has 8 heteroatoms. The molecular weight excluding hydrogens is 477 g/mol. The summed E-state index contributed by atoms with van der Waals surface area (Å²) in [6.45, 7) is 20.6. The summed E-state index contributed by atoms with van der Waals surface area (Å²) >= 11 is 0. The SMILES string of the molecule is CCNC(=NCC(C)N1CCN(CC)CC1)NC(C)Cc1c(C)nn(C)c1C.I. The Morgan fingerprint density at radius 2 is 1.79 bits per heavy atom. The average molecular weight is 520 g/mol. The Morgan fingerprint density at radius 1 is 1.14 bits per heavy atom. The molecule has 2 rings (SSSR count). The number of aliphatic imine (C=N–C) groups is 1. The highest BCUT2D eigenvalue weighted by molar-refractivity contribution is 14.0. The molecular formula is C21H42IN7. The molecule has 0 radical (unpaired) electrons. The first-order valence-electron chi connectivity index (χ1n) is 10.9. The van der Waals surface area contributed by atoms with Crippen molar-refractivity contribution in [2.24, 2.45) is 12.0 Å². The second kappa shape index (κ2) is 12.7. The molecule has 29 heavy (non-hydrogen) atoms. The Kier molecular flexibility index (Phi) is 11.5. The van der Waals surface area contributed by atoms with Crippen LogP contribution in [0.25, 0.3) is 0 Å². The zero-order valence-electron chi connectivity index (χ0n) is 19.5. The van der Waals surface area contributed by atoms with Crippen LogP contribution in [0.5, 0.6) is 0 Å². The Hall–Kier alpha value is -0.870. The van der Waals surface area contributed by atoms with Gasteiger partial charge in [-0.25, -0.2) is 0 Å². The maximum Gasteiger partial charge on any atom is 0.191 e. The fourth-order valence-corrected chi connectivity index (χ4v) is 3.88. The average Bonchev–Trinajstić information content (AvgIpc) is 2.92. The molecule has 1 aliphatic heterocycles. The van der Waals surface area contributed by atoms with Crippen LogP contribution in [0.15, 0.2) is 4.99 Å². The minimum absolute atomic E-state index is 0. The summed E-state index contributed by atoms with van der Waals surface area (Å²) in [5.74, 6) is 0.910. The van der Waals surface area contributed by atoms with Crippen molar-refractivity contribution in [2.75, 3.05) is 45.8 Å². The van der Waals surface area contributed by atoms with E-state index in [4.69, 9.17) is 4.99 Å². The van der Waals surface area contributed by atoms with E-state index in [0.717, 1.165) is 50.8 Å². The molecule has 2 N–H and O–H groups in total. The maximum atomic E-state index is 4.88. The van der Waals surface area contributed by atoms with Gasteiger partial charge < -0.3 is 15.5 Å². The van der Waals surface area contributed by atoms with E-state index in [1.54, 1.807) is 0 Å². The predicted octanol–water partition coefficient (Wildman–Crippen LogP) is 2.17. The van der Waals surface area contributed by atoms with Gasteiger partial charge in [0.25, 0.3) is 0 Å². The Bertz CT molecular complexity index is 635. The van der Waals surface area contributed by atoms with Crippen molar-refractivity contribution in [3.8, 4) is 0 Å². The first-order valence-corrected chi connectivity index (χ1v) is 10.9. The van der Waals surface area contributed by atoms with Crippen LogP contribution in [0.2, 0.25) is 0 Å². The molecule has 0 spiro atoms. The van der Waals surface area contributed by atoms with E-state index in [0.29, 0.717) is 12.1 Å². The molecule has 2 atom stereocenters. The number of piperazine rings is 1. The van der Waals surface area contributed by atoms with Crippen molar-refractivity contribution in [3.63, 3.8) is 0 Å². The van der Waals surface area contributed by atoms with Gasteiger partial charge in [0.1, 0.15) is 0 Å². The van der Waals surface area contributed by atoms with Crippen molar-refractivity contribution in [3.05, 3.63) is 17.0 Å². The molecule has 0 bridgehead atoms. The number of nitrogens with zero attached hydrogens (tertiary/aromatic N) is 5. The van der Waals surface area contributed by atoms with Gasteiger partial charge in [-0.3, -0.25) is 14.6 Å². The minimum atomic E-state index is 0. The normalized spacial score (nSPS) is 18.2. The Morgan fingerprint density at radius 3 is 2.31 bits per heavy atom. The van der Waals surface area contributed by atoms with E-state index in [-0.39, 0.29) is 24.0 Å². The Balaban J connectivity index is 0.00000420. The van der Waals surface area contributed by atoms with Crippen LogP contribution in [0.4, 0.5) is 0 Å². The van der Waals surface area contributed by atoms with Crippen molar-refractivity contribution in [1.29, 1.82) is 0 Å². The van der Waals surface area contributed by atoms with Crippen LogP contribution in [-0.4, -0.2) is 83.4 Å². The lowest BCUT2D eigenvalue weighted by atomic mass is 10.1. The quantitative estimate of drug-likeness (QED) is 0.313. The van der Waals surface area contributed by atoms with Gasteiger partial charge >= 0.3 is 0 Å². The largest absolute Gasteiger partial charge is 0.357 e. The molecule has 0 aromatic carbocycles. The predicted molar refractivity (Wildman–Crippen MR) is 134 cm³/mol. The molecule has 2 unspecified atom stereocenters. The number of nitrogens with one attached hydrogen (secondary N) is 2. The van der Waals surface area contributed by atoms with Crippen LogP contribution in [0, 0.1) is 13.8 Å². The van der Waals surface area contributed by atoms with E-state index in [2.05, 4.69) is 67.1 Å². The molecule has 0 aliphatic carbocycles. The number of guanidine groups is 1. The van der Waals surface area contributed by atoms with Crippen LogP contribution < -0.4 is 10.6 Å². The number of hydrogen-bond acceptors (Lipinski definition) is 4. The first kappa shape index (κ1) is 26.2. The van der Waals surface area contributed by atoms with Gasteiger partial charge in [0, 0.05) is 57.5 Å². The van der Waals surface area contributed by atoms with Crippen LogP contribution in [0.3, 0.4) is 0 Å². The van der Waals surface area contributed by atoms with E-state index in [1.807, 2.05) is 11.7 Å². The third-order valence-corrected chi connectivity index (χ3v) is 5.89. The highest BCUT2D eigenvalue weighted by atomic mass is 127. The van der Waals surface area contributed by atoms with Crippen LogP contribution >= 0.6 is 24.0 Å². The summed E-state index contributed by atoms with van der Waals surface area (Å²) in [7, 11) is 2.01. The van der Waals surface area contributed by atoms with Crippen molar-refractivity contribution in [1.82, 2.24) is 30.2 Å². The summed E-state index contributed by atoms with van der Waals surface area (Å²) in [6.07, 6.45) is 0.949. The van der Waals surface area contributed by atoms with Crippen LogP contribution in [-0.2, 0) is 13.5 Å². The van der Waals surface area contributed by atoms with E-state index in [9.17, 15) is 0 Å². The minimum Gasteiger partial charge on any atom is -0.357 e. The first-order chi connectivity index (χ1) is 13.3. The second-order valence-electron chi connectivity index (χ2n) is 8.06. The van der Waals surface area contributed by atoms with Gasteiger partial charge in [0.15, 0.2) is 5.96 Å². The van der Waals surface area contributed by atoms with Crippen molar-refractivity contribution >= 4 is 29.9 Å². The van der Waals surface area contributed by atoms with E-state index < -0.39 is 0 Å². The molecule has 1 aromatic rings. The highest BCUT2D eigenvalue weighted by Crippen LogP contribution is 2.14. The Labute approximate surface area is 194 Å². The summed E-state index contributed by atoms with van der Waals surface area (Å²) in [5.41, 5.74) is 3.70. The molecule has 0 saturated carbocycles. The van der Waals surface area contributed by atoms with E-state index in [1.165, 1.54) is 24.3 Å². The molecule has 1 aromatic heterocycles. The topological polar surface area (TPSA) is 60.7 Å². The number of rotatable bonds is 8. The smallest absolute Gasteiger partial charge is 0.191 e. The molecule has 1 fully saturated rings. The lowest BCUT2D eigenvalue weighted by molar-refractivity contribution is 0.109. The highest BCUT2D eigenvalue weighted by Gasteiger charge is 2.20. The number of halogens is 1. The zero-order chi connectivity index (χ0) is 20.7. The molecule has 0 amide bonds. The van der Waals surface area contributed by atoms with Crippen molar-refractivity contribution < 1.29 is 0 Å². The van der Waals surface area contributed by atoms with Gasteiger partial charge in [-0.05, 0) is 53.1 Å². The summed E-state index contributed by atoms with van der Waals surface area (Å²) in [5, 5.41) is 11.5. The number of aromatic nitrogens is 2. The fraction of sp³-hybridized carbons (Fsp3) is 0.810. The van der Waals surface area contributed by atoms with Gasteiger partial charge in [-0.1, -0.05) is 6.92 Å². The molecule has 7 nitrogen and oxygen atoms in total. The number of likely N-dealkylation sites (N-methyl/N-ethyl adjacent to an activating group) is 1. The maximum absolute atomic E-state index is 4.88. The monoisotopic (exact) mass is 519 g/mol. The standard InChI is InChI=1S/C21H41N7.HI/c1-8-22-21(23-15-17(4)28-12-10-27(9-2)11-13-28)24-16(3)14-20-18(5)25-26(7)19(20)6;/h16-17H,8-15H2,1-7H3,(H2,22,23,24);1H. The molecule has 1 aliphatic rings. The number of aryl methyl sites for hydroxylation is 2. The van der Waals surface area contributed by atoms with Gasteiger partial charge in [-0.15, -0.1) is 24.0 Å². The zero-order valence-corrected chi connectivity index (χ0v) is 21.8. The van der Waals surface area contributed by atoms with Gasteiger partial charge in [0.2, 0.25) is 0 Å². The second-order valence-corrected chi connectivity index (χ2v) is 8.06. The van der Waals surface area contributed by atoms with Gasteiger partial charge in [-0.2, -0.15) is 5.10 Å². The summed E-state index contributed by atoms with van der Waals surface area (Å²) < 4.78 is 1.97. The summed E-state index contributed by atoms with van der Waals surface area (Å²) in [4.78, 5) is 9.95. The van der Waals surface area contributed by atoms with Crippen LogP contribution in [0.1, 0.15) is 44.6 Å². The fourth-order valence-electron chi connectivity index (χ4n) is 3.88. The molecule has 1 saturated heterocycles. The van der Waals surface area contributed by atoms with Crippen molar-refractivity contribution in [2.45, 2.75) is 60.0 Å². The lowest BCUT2D eigenvalue weighted by Crippen LogP contribution is -2.50. The number of hydrogen-bond donors (Lipinski definition) is 2. The van der Waals surface area contributed by atoms with E-state index >= 15 is 0 Å². The lowest BCUT2D eigenvalue weighted by Gasteiger charge is -2.37.